The Balaban J connectivity index is 2.16. The summed E-state index contributed by atoms with van der Waals surface area (Å²) in [5, 5.41) is 7.80. The van der Waals surface area contributed by atoms with Gasteiger partial charge in [-0.25, -0.2) is 4.39 Å². The lowest BCUT2D eigenvalue weighted by atomic mass is 10.2. The van der Waals surface area contributed by atoms with Crippen LogP contribution in [0.25, 0.3) is 0 Å². The van der Waals surface area contributed by atoms with Gasteiger partial charge in [0.2, 0.25) is 0 Å². The third kappa shape index (κ3) is 3.20. The highest BCUT2D eigenvalue weighted by molar-refractivity contribution is 9.10. The molecule has 0 radical (unpaired) electrons. The molecule has 0 amide bonds. The fourth-order valence-corrected chi connectivity index (χ4v) is 2.58. The van der Waals surface area contributed by atoms with Gasteiger partial charge in [-0.1, -0.05) is 6.92 Å². The van der Waals surface area contributed by atoms with Crippen molar-refractivity contribution < 1.29 is 4.39 Å². The molecule has 1 heterocycles. The minimum atomic E-state index is -0.253. The monoisotopic (exact) mass is 339 g/mol. The third-order valence-electron chi connectivity index (χ3n) is 3.30. The molecular formula is C15H19BrFN3. The first kappa shape index (κ1) is 15.0. The van der Waals surface area contributed by atoms with E-state index in [1.807, 2.05) is 11.6 Å². The second-order valence-electron chi connectivity index (χ2n) is 4.73. The molecule has 0 atom stereocenters. The van der Waals surface area contributed by atoms with Gasteiger partial charge in [0.05, 0.1) is 22.4 Å². The van der Waals surface area contributed by atoms with Gasteiger partial charge in [-0.2, -0.15) is 5.10 Å². The van der Waals surface area contributed by atoms with Crippen LogP contribution < -0.4 is 5.32 Å². The van der Waals surface area contributed by atoms with Gasteiger partial charge in [-0.3, -0.25) is 4.68 Å². The summed E-state index contributed by atoms with van der Waals surface area (Å²) in [5.41, 5.74) is 4.03. The maximum Gasteiger partial charge on any atom is 0.139 e. The van der Waals surface area contributed by atoms with Crippen molar-refractivity contribution in [2.45, 2.75) is 40.3 Å². The predicted octanol–water partition coefficient (Wildman–Crippen LogP) is 4.29. The number of aryl methyl sites for hydroxylation is 3. The number of hydrogen-bond acceptors (Lipinski definition) is 2. The number of halogens is 2. The lowest BCUT2D eigenvalue weighted by Crippen LogP contribution is -2.08. The highest BCUT2D eigenvalue weighted by Crippen LogP contribution is 2.24. The summed E-state index contributed by atoms with van der Waals surface area (Å²) in [6, 6.07) is 5.40. The van der Waals surface area contributed by atoms with Gasteiger partial charge in [0.25, 0.3) is 0 Å². The number of nitrogens with one attached hydrogen (secondary N) is 1. The first-order valence-electron chi connectivity index (χ1n) is 6.80. The maximum atomic E-state index is 13.6. The highest BCUT2D eigenvalue weighted by Gasteiger charge is 2.08. The fraction of sp³-hybridized carbons (Fsp3) is 0.400. The molecule has 0 aliphatic heterocycles. The minimum absolute atomic E-state index is 0.253. The van der Waals surface area contributed by atoms with E-state index in [2.05, 4.69) is 46.3 Å². The molecule has 1 aromatic heterocycles. The lowest BCUT2D eigenvalue weighted by molar-refractivity contribution is 0.616. The normalized spacial score (nSPS) is 10.8. The van der Waals surface area contributed by atoms with Crippen molar-refractivity contribution in [3.63, 3.8) is 0 Å². The Kier molecular flexibility index (Phi) is 4.81. The summed E-state index contributed by atoms with van der Waals surface area (Å²) in [4.78, 5) is 0. The quantitative estimate of drug-likeness (QED) is 0.880. The van der Waals surface area contributed by atoms with E-state index in [0.29, 0.717) is 11.0 Å². The van der Waals surface area contributed by atoms with E-state index < -0.39 is 0 Å². The van der Waals surface area contributed by atoms with Gasteiger partial charge in [-0.15, -0.1) is 0 Å². The Morgan fingerprint density at radius 3 is 2.70 bits per heavy atom. The van der Waals surface area contributed by atoms with Crippen molar-refractivity contribution >= 4 is 21.6 Å². The highest BCUT2D eigenvalue weighted by atomic mass is 79.9. The van der Waals surface area contributed by atoms with Crippen LogP contribution in [0.4, 0.5) is 10.1 Å². The van der Waals surface area contributed by atoms with Gasteiger partial charge in [0, 0.05) is 12.2 Å². The summed E-state index contributed by atoms with van der Waals surface area (Å²) in [7, 11) is 0. The zero-order valence-electron chi connectivity index (χ0n) is 12.0. The number of benzene rings is 1. The number of hydrogen-bond donors (Lipinski definition) is 1. The Morgan fingerprint density at radius 1 is 1.30 bits per heavy atom. The van der Waals surface area contributed by atoms with E-state index in [0.717, 1.165) is 35.6 Å². The minimum Gasteiger partial charge on any atom is -0.379 e. The van der Waals surface area contributed by atoms with Gasteiger partial charge in [-0.05, 0) is 60.0 Å². The third-order valence-corrected chi connectivity index (χ3v) is 3.91. The van der Waals surface area contributed by atoms with Crippen LogP contribution >= 0.6 is 15.9 Å². The zero-order valence-corrected chi connectivity index (χ0v) is 13.6. The summed E-state index contributed by atoms with van der Waals surface area (Å²) in [6.45, 7) is 7.60. The molecule has 0 fully saturated rings. The van der Waals surface area contributed by atoms with Gasteiger partial charge < -0.3 is 5.32 Å². The average molecular weight is 340 g/mol. The molecular weight excluding hydrogens is 321 g/mol. The largest absolute Gasteiger partial charge is 0.379 e. The van der Waals surface area contributed by atoms with Crippen LogP contribution in [0.15, 0.2) is 22.7 Å². The smallest absolute Gasteiger partial charge is 0.139 e. The van der Waals surface area contributed by atoms with Crippen LogP contribution in [0.5, 0.6) is 0 Å². The van der Waals surface area contributed by atoms with Crippen LogP contribution in [0.1, 0.15) is 30.8 Å². The summed E-state index contributed by atoms with van der Waals surface area (Å²) < 4.78 is 16.1. The molecule has 20 heavy (non-hydrogen) atoms. The Labute approximate surface area is 127 Å². The molecule has 108 valence electrons. The van der Waals surface area contributed by atoms with E-state index in [4.69, 9.17) is 0 Å². The van der Waals surface area contributed by atoms with Crippen molar-refractivity contribution in [2.75, 3.05) is 5.32 Å². The van der Waals surface area contributed by atoms with E-state index in [-0.39, 0.29) is 5.82 Å². The van der Waals surface area contributed by atoms with E-state index in [9.17, 15) is 4.39 Å². The second kappa shape index (κ2) is 6.39. The molecule has 0 saturated carbocycles. The van der Waals surface area contributed by atoms with Crippen molar-refractivity contribution in [1.82, 2.24) is 9.78 Å². The zero-order chi connectivity index (χ0) is 14.7. The number of nitrogens with zero attached hydrogens (tertiary/aromatic N) is 2. The van der Waals surface area contributed by atoms with Crippen LogP contribution in [0.2, 0.25) is 0 Å². The Hall–Kier alpha value is -1.36. The topological polar surface area (TPSA) is 29.9 Å². The van der Waals surface area contributed by atoms with Crippen molar-refractivity contribution in [3.05, 3.63) is 45.4 Å². The molecule has 0 aliphatic carbocycles. The molecule has 0 saturated heterocycles. The van der Waals surface area contributed by atoms with E-state index in [1.165, 1.54) is 6.07 Å². The summed E-state index contributed by atoms with van der Waals surface area (Å²) in [6.07, 6.45) is 0.923. The van der Waals surface area contributed by atoms with Crippen LogP contribution in [-0.2, 0) is 19.5 Å². The SMILES string of the molecule is CCc1cc(CNc2cc(F)c(Br)cc2C)n(CC)n1. The molecule has 0 bridgehead atoms. The molecule has 0 aliphatic rings. The molecule has 2 aromatic rings. The molecule has 2 rings (SSSR count). The number of aromatic nitrogens is 2. The standard InChI is InChI=1S/C15H19BrFN3/c1-4-11-7-12(20(5-2)19-11)9-18-15-8-14(17)13(16)6-10(15)3/h6-8,18H,4-5,9H2,1-3H3. The average Bonchev–Trinajstić information content (AvgIpc) is 2.84. The van der Waals surface area contributed by atoms with Gasteiger partial charge in [0.1, 0.15) is 5.82 Å². The van der Waals surface area contributed by atoms with E-state index >= 15 is 0 Å². The fourth-order valence-electron chi connectivity index (χ4n) is 2.13. The molecule has 0 spiro atoms. The van der Waals surface area contributed by atoms with Crippen molar-refractivity contribution in [1.29, 1.82) is 0 Å². The van der Waals surface area contributed by atoms with Crippen LogP contribution in [0, 0.1) is 12.7 Å². The van der Waals surface area contributed by atoms with Crippen LogP contribution in [-0.4, -0.2) is 9.78 Å². The number of anilines is 1. The predicted molar refractivity (Wildman–Crippen MR) is 83.4 cm³/mol. The Morgan fingerprint density at radius 2 is 2.05 bits per heavy atom. The molecule has 0 unspecified atom stereocenters. The van der Waals surface area contributed by atoms with Crippen molar-refractivity contribution in [2.24, 2.45) is 0 Å². The molecule has 1 aromatic carbocycles. The van der Waals surface area contributed by atoms with Gasteiger partial charge in [0.15, 0.2) is 0 Å². The van der Waals surface area contributed by atoms with Gasteiger partial charge >= 0.3 is 0 Å². The first-order chi connectivity index (χ1) is 9.55. The molecule has 3 nitrogen and oxygen atoms in total. The van der Waals surface area contributed by atoms with E-state index in [1.54, 1.807) is 6.07 Å². The van der Waals surface area contributed by atoms with Crippen molar-refractivity contribution in [3.8, 4) is 0 Å². The summed E-state index contributed by atoms with van der Waals surface area (Å²) >= 11 is 3.19. The maximum absolute atomic E-state index is 13.6. The number of rotatable bonds is 5. The first-order valence-corrected chi connectivity index (χ1v) is 7.59. The second-order valence-corrected chi connectivity index (χ2v) is 5.59. The summed E-state index contributed by atoms with van der Waals surface area (Å²) in [5.74, 6) is -0.253. The molecule has 1 N–H and O–H groups in total. The molecule has 5 heteroatoms. The lowest BCUT2D eigenvalue weighted by Gasteiger charge is -2.11. The van der Waals surface area contributed by atoms with Crippen LogP contribution in [0.3, 0.4) is 0 Å². The Bertz CT molecular complexity index is 607.